The number of hydrogen-bond acceptors (Lipinski definition) is 2. The Hall–Kier alpha value is -0.0200. The zero-order valence-electron chi connectivity index (χ0n) is 2.96. The third-order valence-electron chi connectivity index (χ3n) is 0.453. The first-order chi connectivity index (χ1) is 2.89. The van der Waals surface area contributed by atoms with E-state index in [4.69, 9.17) is 0 Å². The van der Waals surface area contributed by atoms with Gasteiger partial charge in [0.1, 0.15) is 6.54 Å². The van der Waals surface area contributed by atoms with Gasteiger partial charge in [0.2, 0.25) is 0 Å². The third-order valence-corrected chi connectivity index (χ3v) is 0.880. The molecule has 2 radical (unpaired) electrons. The van der Waals surface area contributed by atoms with Gasteiger partial charge in [0.05, 0.1) is 4.61 Å². The van der Waals surface area contributed by atoms with E-state index >= 15 is 0 Å². The third kappa shape index (κ3) is 0.725. The molecular formula is C3H3BrN2. The van der Waals surface area contributed by atoms with Gasteiger partial charge >= 0.3 is 0 Å². The highest BCUT2D eigenvalue weighted by Crippen LogP contribution is 2.01. The topological polar surface area (TPSA) is 24.1 Å². The summed E-state index contributed by atoms with van der Waals surface area (Å²) in [4.78, 5) is 0. The van der Waals surface area contributed by atoms with Crippen LogP contribution < -0.4 is 10.9 Å². The van der Waals surface area contributed by atoms with Gasteiger partial charge in [-0.05, 0) is 22.0 Å². The Balaban J connectivity index is 2.45. The van der Waals surface area contributed by atoms with Crippen molar-refractivity contribution in [2.24, 2.45) is 0 Å². The molecule has 1 aliphatic heterocycles. The maximum atomic E-state index is 3.16. The van der Waals surface area contributed by atoms with Crippen LogP contribution in [-0.2, 0) is 0 Å². The first-order valence-corrected chi connectivity index (χ1v) is 2.31. The minimum absolute atomic E-state index is 0.919. The Morgan fingerprint density at radius 3 is 2.83 bits per heavy atom. The average molecular weight is 147 g/mol. The molecule has 0 amide bonds. The molecular weight excluding hydrogens is 144 g/mol. The lowest BCUT2D eigenvalue weighted by Crippen LogP contribution is -2.18. The first-order valence-electron chi connectivity index (χ1n) is 1.52. The molecule has 0 aromatic heterocycles. The van der Waals surface area contributed by atoms with E-state index < -0.39 is 0 Å². The van der Waals surface area contributed by atoms with Crippen LogP contribution in [0.1, 0.15) is 0 Å². The summed E-state index contributed by atoms with van der Waals surface area (Å²) in [7, 11) is 0. The Kier molecular flexibility index (Phi) is 1.12. The lowest BCUT2D eigenvalue weighted by Gasteiger charge is -1.88. The Bertz CT molecular complexity index is 78.9. The summed E-state index contributed by atoms with van der Waals surface area (Å²) in [6.07, 6.45) is 1.76. The first kappa shape index (κ1) is 4.15. The molecule has 1 rings (SSSR count). The molecule has 6 heavy (non-hydrogen) atoms. The molecule has 32 valence electrons. The molecule has 2 N–H and O–H groups in total. The van der Waals surface area contributed by atoms with E-state index in [0.717, 1.165) is 4.61 Å². The lowest BCUT2D eigenvalue weighted by molar-refractivity contribution is 0.775. The Morgan fingerprint density at radius 2 is 2.67 bits per heavy atom. The smallest absolute Gasteiger partial charge is 0.109 e. The van der Waals surface area contributed by atoms with Gasteiger partial charge in [0.25, 0.3) is 0 Å². The zero-order valence-corrected chi connectivity index (χ0v) is 4.54. The largest absolute Gasteiger partial charge is 0.315 e. The van der Waals surface area contributed by atoms with Gasteiger partial charge in [-0.3, -0.25) is 0 Å². The second kappa shape index (κ2) is 1.62. The van der Waals surface area contributed by atoms with E-state index in [2.05, 4.69) is 33.3 Å². The van der Waals surface area contributed by atoms with Crippen molar-refractivity contribution in [3.8, 4) is 0 Å². The maximum absolute atomic E-state index is 3.16. The fourth-order valence-corrected chi connectivity index (χ4v) is 0.445. The number of hydrogen-bond donors (Lipinski definition) is 2. The second-order valence-electron chi connectivity index (χ2n) is 0.887. The molecule has 0 unspecified atom stereocenters. The molecule has 2 nitrogen and oxygen atoms in total. The summed E-state index contributed by atoms with van der Waals surface area (Å²) in [6.45, 7) is 2.70. The van der Waals surface area contributed by atoms with Gasteiger partial charge in [0, 0.05) is 0 Å². The summed E-state index contributed by atoms with van der Waals surface area (Å²) in [5.41, 5.74) is 5.37. The van der Waals surface area contributed by atoms with Crippen molar-refractivity contribution in [1.29, 1.82) is 0 Å². The van der Waals surface area contributed by atoms with E-state index in [1.165, 1.54) is 0 Å². The highest BCUT2D eigenvalue weighted by Gasteiger charge is 1.94. The van der Waals surface area contributed by atoms with Crippen LogP contribution >= 0.6 is 15.9 Å². The minimum atomic E-state index is 0.919. The van der Waals surface area contributed by atoms with Crippen molar-refractivity contribution in [1.82, 2.24) is 10.9 Å². The van der Waals surface area contributed by atoms with E-state index in [9.17, 15) is 0 Å². The van der Waals surface area contributed by atoms with Crippen molar-refractivity contribution >= 4 is 15.9 Å². The predicted molar refractivity (Wildman–Crippen MR) is 26.5 cm³/mol. The molecule has 0 aromatic rings. The van der Waals surface area contributed by atoms with Crippen molar-refractivity contribution < 1.29 is 0 Å². The lowest BCUT2D eigenvalue weighted by atomic mass is 10.7. The van der Waals surface area contributed by atoms with Crippen LogP contribution in [0.2, 0.25) is 0 Å². The summed E-state index contributed by atoms with van der Waals surface area (Å²) in [5, 5.41) is 0. The fraction of sp³-hybridized carbons (Fsp3) is 0. The Morgan fingerprint density at radius 1 is 1.83 bits per heavy atom. The van der Waals surface area contributed by atoms with E-state index in [1.54, 1.807) is 6.08 Å². The average Bonchev–Trinajstić information content (AvgIpc) is 1.86. The maximum Gasteiger partial charge on any atom is 0.109 e. The fourth-order valence-electron chi connectivity index (χ4n) is 0.231. The van der Waals surface area contributed by atoms with Crippen LogP contribution in [0.4, 0.5) is 0 Å². The number of hydrazine groups is 1. The molecule has 0 aliphatic carbocycles. The number of rotatable bonds is 0. The molecule has 0 fully saturated rings. The van der Waals surface area contributed by atoms with Crippen LogP contribution in [0.15, 0.2) is 10.7 Å². The normalized spacial score (nSPS) is 19.8. The highest BCUT2D eigenvalue weighted by atomic mass is 79.9. The summed E-state index contributed by atoms with van der Waals surface area (Å²) >= 11 is 3.16. The summed E-state index contributed by atoms with van der Waals surface area (Å²) in [5.74, 6) is 0. The van der Waals surface area contributed by atoms with Crippen LogP contribution in [0.3, 0.4) is 0 Å². The van der Waals surface area contributed by atoms with Gasteiger partial charge in [-0.15, -0.1) is 0 Å². The molecule has 3 heteroatoms. The van der Waals surface area contributed by atoms with Gasteiger partial charge < -0.3 is 5.43 Å². The van der Waals surface area contributed by atoms with E-state index in [-0.39, 0.29) is 0 Å². The SMILES string of the molecule is BrC1=C[C]NN1. The molecule has 0 spiro atoms. The molecule has 0 saturated heterocycles. The Labute approximate surface area is 44.7 Å². The van der Waals surface area contributed by atoms with E-state index in [0.29, 0.717) is 0 Å². The summed E-state index contributed by atoms with van der Waals surface area (Å²) in [6, 6.07) is 0. The van der Waals surface area contributed by atoms with Crippen LogP contribution in [0.5, 0.6) is 0 Å². The number of nitrogens with one attached hydrogen (secondary N) is 2. The van der Waals surface area contributed by atoms with Crippen molar-refractivity contribution in [3.63, 3.8) is 0 Å². The van der Waals surface area contributed by atoms with Gasteiger partial charge in [-0.1, -0.05) is 0 Å². The standard InChI is InChI=1S/C3H3BrN2/c4-3-1-2-5-6-3/h1,5-6H. The molecule has 0 atom stereocenters. The van der Waals surface area contributed by atoms with Crippen LogP contribution in [0.25, 0.3) is 0 Å². The molecule has 1 heterocycles. The number of halogens is 1. The molecule has 1 aliphatic rings. The van der Waals surface area contributed by atoms with Crippen molar-refractivity contribution in [2.75, 3.05) is 0 Å². The van der Waals surface area contributed by atoms with Crippen molar-refractivity contribution in [3.05, 3.63) is 17.2 Å². The molecule has 0 saturated carbocycles. The molecule has 0 bridgehead atoms. The van der Waals surface area contributed by atoms with Gasteiger partial charge in [-0.2, -0.15) is 0 Å². The monoisotopic (exact) mass is 146 g/mol. The van der Waals surface area contributed by atoms with Crippen molar-refractivity contribution in [2.45, 2.75) is 0 Å². The van der Waals surface area contributed by atoms with Crippen LogP contribution in [-0.4, -0.2) is 0 Å². The highest BCUT2D eigenvalue weighted by molar-refractivity contribution is 9.11. The van der Waals surface area contributed by atoms with Gasteiger partial charge in [-0.25, -0.2) is 5.43 Å². The molecule has 0 aromatic carbocycles. The zero-order chi connectivity index (χ0) is 4.41. The summed E-state index contributed by atoms with van der Waals surface area (Å²) < 4.78 is 0.919. The minimum Gasteiger partial charge on any atom is -0.315 e. The van der Waals surface area contributed by atoms with Gasteiger partial charge in [0.15, 0.2) is 0 Å². The predicted octanol–water partition coefficient (Wildman–Crippen LogP) is 0.369. The van der Waals surface area contributed by atoms with E-state index in [1.807, 2.05) is 0 Å². The second-order valence-corrected chi connectivity index (χ2v) is 1.74. The quantitative estimate of drug-likeness (QED) is 0.483. The van der Waals surface area contributed by atoms with Crippen LogP contribution in [0, 0.1) is 6.54 Å².